The minimum atomic E-state index is -0.198. The van der Waals surface area contributed by atoms with Gasteiger partial charge in [0, 0.05) is 25.1 Å². The fourth-order valence-electron chi connectivity index (χ4n) is 3.60. The molecule has 2 amide bonds. The third kappa shape index (κ3) is 6.61. The summed E-state index contributed by atoms with van der Waals surface area (Å²) in [6.45, 7) is 5.04. The average Bonchev–Trinajstić information content (AvgIpc) is 3.31. The van der Waals surface area contributed by atoms with Crippen LogP contribution in [0.25, 0.3) is 10.6 Å². The summed E-state index contributed by atoms with van der Waals surface area (Å²) in [5.41, 5.74) is 1.91. The number of aromatic nitrogens is 2. The van der Waals surface area contributed by atoms with Crippen LogP contribution in [0.3, 0.4) is 0 Å². The molecular weight excluding hydrogens is 436 g/mol. The second-order valence-corrected chi connectivity index (χ2v) is 8.61. The van der Waals surface area contributed by atoms with Gasteiger partial charge in [0.2, 0.25) is 16.9 Å². The van der Waals surface area contributed by atoms with Gasteiger partial charge in [-0.2, -0.15) is 0 Å². The zero-order chi connectivity index (χ0) is 23.6. The van der Waals surface area contributed by atoms with Gasteiger partial charge in [-0.3, -0.25) is 9.59 Å². The SMILES string of the molecule is CCCN(CCC(=O)Nc1nnc(-c2ccc(OC)cc2)s1)C(=O)C(CC)c1ccccc1. The zero-order valence-electron chi connectivity index (χ0n) is 19.3. The van der Waals surface area contributed by atoms with E-state index < -0.39 is 0 Å². The largest absolute Gasteiger partial charge is 0.497 e. The fraction of sp³-hybridized carbons (Fsp3) is 0.360. The number of benzene rings is 2. The predicted molar refractivity (Wildman–Crippen MR) is 131 cm³/mol. The maximum absolute atomic E-state index is 13.2. The Balaban J connectivity index is 1.58. The van der Waals surface area contributed by atoms with Gasteiger partial charge in [-0.1, -0.05) is 55.5 Å². The van der Waals surface area contributed by atoms with E-state index in [1.807, 2.05) is 68.4 Å². The lowest BCUT2D eigenvalue weighted by molar-refractivity contribution is -0.133. The van der Waals surface area contributed by atoms with Gasteiger partial charge in [0.25, 0.3) is 0 Å². The Bertz CT molecular complexity index is 1040. The summed E-state index contributed by atoms with van der Waals surface area (Å²) in [7, 11) is 1.62. The zero-order valence-corrected chi connectivity index (χ0v) is 20.1. The molecule has 33 heavy (non-hydrogen) atoms. The molecule has 0 saturated heterocycles. The maximum Gasteiger partial charge on any atom is 0.230 e. The van der Waals surface area contributed by atoms with Gasteiger partial charge in [0.05, 0.1) is 13.0 Å². The molecule has 0 aliphatic heterocycles. The summed E-state index contributed by atoms with van der Waals surface area (Å²) in [5.74, 6) is 0.446. The number of ether oxygens (including phenoxy) is 1. The Labute approximate surface area is 198 Å². The van der Waals surface area contributed by atoms with Gasteiger partial charge in [-0.25, -0.2) is 0 Å². The second-order valence-electron chi connectivity index (χ2n) is 7.64. The smallest absolute Gasteiger partial charge is 0.230 e. The Kier molecular flexibility index (Phi) is 8.95. The second kappa shape index (κ2) is 12.1. The molecule has 174 valence electrons. The van der Waals surface area contributed by atoms with E-state index in [1.165, 1.54) is 11.3 Å². The summed E-state index contributed by atoms with van der Waals surface area (Å²) in [5, 5.41) is 12.2. The van der Waals surface area contributed by atoms with Crippen molar-refractivity contribution in [2.45, 2.75) is 39.0 Å². The Morgan fingerprint density at radius 2 is 1.76 bits per heavy atom. The molecule has 1 aromatic heterocycles. The molecule has 7 nitrogen and oxygen atoms in total. The summed E-state index contributed by atoms with van der Waals surface area (Å²) in [6.07, 6.45) is 1.75. The van der Waals surface area contributed by atoms with Crippen molar-refractivity contribution in [3.8, 4) is 16.3 Å². The maximum atomic E-state index is 13.2. The van der Waals surface area contributed by atoms with Crippen molar-refractivity contribution in [1.29, 1.82) is 0 Å². The molecule has 1 unspecified atom stereocenters. The van der Waals surface area contributed by atoms with Gasteiger partial charge in [0.1, 0.15) is 10.8 Å². The van der Waals surface area contributed by atoms with Crippen molar-refractivity contribution in [3.63, 3.8) is 0 Å². The summed E-state index contributed by atoms with van der Waals surface area (Å²) in [4.78, 5) is 27.6. The van der Waals surface area contributed by atoms with E-state index in [2.05, 4.69) is 15.5 Å². The van der Waals surface area contributed by atoms with E-state index in [-0.39, 0.29) is 24.2 Å². The lowest BCUT2D eigenvalue weighted by atomic mass is 9.95. The van der Waals surface area contributed by atoms with E-state index in [9.17, 15) is 9.59 Å². The van der Waals surface area contributed by atoms with Crippen LogP contribution in [0.15, 0.2) is 54.6 Å². The van der Waals surface area contributed by atoms with Crippen LogP contribution in [0, 0.1) is 0 Å². The van der Waals surface area contributed by atoms with Crippen LogP contribution in [-0.2, 0) is 9.59 Å². The highest BCUT2D eigenvalue weighted by atomic mass is 32.1. The number of nitrogens with one attached hydrogen (secondary N) is 1. The quantitative estimate of drug-likeness (QED) is 0.431. The highest BCUT2D eigenvalue weighted by molar-refractivity contribution is 7.18. The van der Waals surface area contributed by atoms with Gasteiger partial charge in [0.15, 0.2) is 0 Å². The van der Waals surface area contributed by atoms with Gasteiger partial charge in [-0.15, -0.1) is 10.2 Å². The molecule has 0 fully saturated rings. The monoisotopic (exact) mass is 466 g/mol. The number of anilines is 1. The van der Waals surface area contributed by atoms with Crippen molar-refractivity contribution in [2.75, 3.05) is 25.5 Å². The van der Waals surface area contributed by atoms with Crippen molar-refractivity contribution < 1.29 is 14.3 Å². The third-order valence-corrected chi connectivity index (χ3v) is 6.22. The molecule has 3 rings (SSSR count). The first-order chi connectivity index (χ1) is 16.0. The number of carbonyl (C=O) groups is 2. The molecule has 0 aliphatic rings. The molecule has 1 heterocycles. The number of methoxy groups -OCH3 is 1. The Morgan fingerprint density at radius 1 is 1.03 bits per heavy atom. The Morgan fingerprint density at radius 3 is 2.39 bits per heavy atom. The van der Waals surface area contributed by atoms with E-state index >= 15 is 0 Å². The van der Waals surface area contributed by atoms with Gasteiger partial charge >= 0.3 is 0 Å². The van der Waals surface area contributed by atoms with Crippen molar-refractivity contribution >= 4 is 28.3 Å². The van der Waals surface area contributed by atoms with Crippen LogP contribution < -0.4 is 10.1 Å². The molecule has 0 radical (unpaired) electrons. The summed E-state index contributed by atoms with van der Waals surface area (Å²) >= 11 is 1.31. The first-order valence-corrected chi connectivity index (χ1v) is 12.0. The number of rotatable bonds is 11. The predicted octanol–water partition coefficient (Wildman–Crippen LogP) is 4.97. The number of amides is 2. The molecule has 0 bridgehead atoms. The first-order valence-electron chi connectivity index (χ1n) is 11.2. The minimum Gasteiger partial charge on any atom is -0.497 e. The number of hydrogen-bond donors (Lipinski definition) is 1. The van der Waals surface area contributed by atoms with Crippen LogP contribution in [-0.4, -0.2) is 47.1 Å². The van der Waals surface area contributed by atoms with Crippen molar-refractivity contribution in [1.82, 2.24) is 15.1 Å². The molecule has 2 aromatic carbocycles. The standard InChI is InChI=1S/C25H30N4O3S/c1-4-16-29(24(31)21(5-2)18-9-7-6-8-10-18)17-15-22(30)26-25-28-27-23(33-25)19-11-13-20(32-3)14-12-19/h6-14,21H,4-5,15-17H2,1-3H3,(H,26,28,30). The highest BCUT2D eigenvalue weighted by Crippen LogP contribution is 2.28. The average molecular weight is 467 g/mol. The molecule has 0 aliphatic carbocycles. The number of hydrogen-bond acceptors (Lipinski definition) is 6. The van der Waals surface area contributed by atoms with Crippen LogP contribution >= 0.6 is 11.3 Å². The molecule has 1 atom stereocenters. The van der Waals surface area contributed by atoms with Crippen LogP contribution in [0.4, 0.5) is 5.13 Å². The topological polar surface area (TPSA) is 84.4 Å². The van der Waals surface area contributed by atoms with Crippen LogP contribution in [0.1, 0.15) is 44.6 Å². The van der Waals surface area contributed by atoms with E-state index in [1.54, 1.807) is 12.0 Å². The van der Waals surface area contributed by atoms with Gasteiger partial charge in [-0.05, 0) is 42.7 Å². The van der Waals surface area contributed by atoms with Crippen LogP contribution in [0.5, 0.6) is 5.75 Å². The van der Waals surface area contributed by atoms with Crippen molar-refractivity contribution in [2.24, 2.45) is 0 Å². The lowest BCUT2D eigenvalue weighted by Crippen LogP contribution is -2.37. The van der Waals surface area contributed by atoms with Gasteiger partial charge < -0.3 is 15.0 Å². The lowest BCUT2D eigenvalue weighted by Gasteiger charge is -2.26. The van der Waals surface area contributed by atoms with E-state index in [4.69, 9.17) is 4.74 Å². The summed E-state index contributed by atoms with van der Waals surface area (Å²) < 4.78 is 5.17. The molecule has 0 spiro atoms. The third-order valence-electron chi connectivity index (χ3n) is 5.33. The Hall–Kier alpha value is -3.26. The minimum absolute atomic E-state index is 0.0658. The fourth-order valence-corrected chi connectivity index (χ4v) is 4.37. The number of nitrogens with zero attached hydrogens (tertiary/aromatic N) is 3. The molecular formula is C25H30N4O3S. The highest BCUT2D eigenvalue weighted by Gasteiger charge is 2.24. The molecule has 1 N–H and O–H groups in total. The molecule has 8 heteroatoms. The van der Waals surface area contributed by atoms with Crippen LogP contribution in [0.2, 0.25) is 0 Å². The molecule has 3 aromatic rings. The van der Waals surface area contributed by atoms with Crippen molar-refractivity contribution in [3.05, 3.63) is 60.2 Å². The first kappa shape index (κ1) is 24.4. The summed E-state index contributed by atoms with van der Waals surface area (Å²) in [6, 6.07) is 17.3. The molecule has 0 saturated carbocycles. The normalized spacial score (nSPS) is 11.6. The van der Waals surface area contributed by atoms with E-state index in [0.29, 0.717) is 29.6 Å². The number of carbonyl (C=O) groups excluding carboxylic acids is 2. The van der Waals surface area contributed by atoms with E-state index in [0.717, 1.165) is 23.3 Å².